The van der Waals surface area contributed by atoms with E-state index in [4.69, 9.17) is 4.74 Å². The Morgan fingerprint density at radius 1 is 0.867 bits per heavy atom. The summed E-state index contributed by atoms with van der Waals surface area (Å²) in [5, 5.41) is 2.82. The first-order chi connectivity index (χ1) is 14.5. The molecule has 0 fully saturated rings. The maximum atomic E-state index is 12.3. The number of amides is 1. The number of carbonyl (C=O) groups excluding carboxylic acids is 1. The number of rotatable bonds is 9. The molecule has 8 heteroatoms. The van der Waals surface area contributed by atoms with Gasteiger partial charge in [-0.1, -0.05) is 47.3 Å². The molecule has 0 bridgehead atoms. The van der Waals surface area contributed by atoms with Crippen molar-refractivity contribution in [3.05, 3.63) is 95.6 Å². The smallest absolute Gasteiger partial charge is 0.262 e. The molecule has 0 aliphatic rings. The van der Waals surface area contributed by atoms with Crippen molar-refractivity contribution in [3.63, 3.8) is 0 Å². The van der Waals surface area contributed by atoms with Crippen molar-refractivity contribution >= 4 is 15.9 Å². The van der Waals surface area contributed by atoms with Gasteiger partial charge in [-0.05, 0) is 47.5 Å². The molecule has 3 aromatic carbocycles. The van der Waals surface area contributed by atoms with Gasteiger partial charge in [0.15, 0.2) is 0 Å². The maximum Gasteiger partial charge on any atom is 0.262 e. The molecule has 0 atom stereocenters. The molecule has 0 radical (unpaired) electrons. The van der Waals surface area contributed by atoms with E-state index in [1.807, 2.05) is 59.5 Å². The van der Waals surface area contributed by atoms with E-state index in [1.165, 1.54) is 31.4 Å². The summed E-state index contributed by atoms with van der Waals surface area (Å²) in [5.41, 5.74) is 2.32. The Bertz CT molecular complexity index is 1070. The van der Waals surface area contributed by atoms with Crippen LogP contribution in [0.5, 0.6) is 5.75 Å². The molecule has 0 aliphatic heterocycles. The number of nitrogens with one attached hydrogen (secondary N) is 2. The number of hydrogen-bond donors (Lipinski definition) is 2. The third-order valence-electron chi connectivity index (χ3n) is 4.24. The molecule has 0 heterocycles. The zero-order valence-corrected chi connectivity index (χ0v) is 17.2. The summed E-state index contributed by atoms with van der Waals surface area (Å²) in [6, 6.07) is 22.9. The number of ether oxygens (including phenoxy) is 1. The van der Waals surface area contributed by atoms with E-state index in [9.17, 15) is 13.2 Å². The van der Waals surface area contributed by atoms with Gasteiger partial charge in [0.05, 0.1) is 12.0 Å². The first-order valence-corrected chi connectivity index (χ1v) is 10.6. The highest BCUT2D eigenvalue weighted by Gasteiger charge is 2.14. The Hall–Kier alpha value is -3.20. The summed E-state index contributed by atoms with van der Waals surface area (Å²) in [6.45, 7) is 0.813. The highest BCUT2D eigenvalue weighted by atomic mass is 32.2. The topological polar surface area (TPSA) is 93.7 Å². The molecule has 3 aromatic rings. The van der Waals surface area contributed by atoms with Crippen molar-refractivity contribution in [1.29, 1.82) is 0 Å². The number of sulfonamides is 1. The lowest BCUT2D eigenvalue weighted by Gasteiger charge is -2.09. The third kappa shape index (κ3) is 5.90. The molecule has 0 saturated heterocycles. The first-order valence-electron chi connectivity index (χ1n) is 9.16. The van der Waals surface area contributed by atoms with E-state index >= 15 is 0 Å². The fraction of sp³-hybridized carbons (Fsp3) is 0.136. The van der Waals surface area contributed by atoms with Gasteiger partial charge in [0, 0.05) is 12.1 Å². The van der Waals surface area contributed by atoms with Crippen LogP contribution in [0.15, 0.2) is 83.8 Å². The quantitative estimate of drug-likeness (QED) is 0.513. The Morgan fingerprint density at radius 2 is 1.50 bits per heavy atom. The van der Waals surface area contributed by atoms with Crippen molar-refractivity contribution in [2.24, 2.45) is 0 Å². The van der Waals surface area contributed by atoms with Crippen LogP contribution in [0.1, 0.15) is 21.5 Å². The normalized spacial score (nSPS) is 11.1. The molecular formula is C22H22N2O5S. The summed E-state index contributed by atoms with van der Waals surface area (Å²) >= 11 is 0. The minimum absolute atomic E-state index is 0.00853. The molecule has 7 nitrogen and oxygen atoms in total. The number of benzene rings is 3. The highest BCUT2D eigenvalue weighted by Crippen LogP contribution is 2.13. The first kappa shape index (κ1) is 21.5. The molecule has 2 N–H and O–H groups in total. The highest BCUT2D eigenvalue weighted by molar-refractivity contribution is 7.89. The van der Waals surface area contributed by atoms with E-state index < -0.39 is 10.0 Å². The molecule has 0 spiro atoms. The van der Waals surface area contributed by atoms with E-state index in [0.29, 0.717) is 18.7 Å². The molecule has 0 saturated carbocycles. The lowest BCUT2D eigenvalue weighted by molar-refractivity contribution is 0.0951. The van der Waals surface area contributed by atoms with Crippen LogP contribution in [-0.4, -0.2) is 21.4 Å². The minimum atomic E-state index is -3.75. The molecule has 30 heavy (non-hydrogen) atoms. The molecule has 0 aromatic heterocycles. The Kier molecular flexibility index (Phi) is 7.18. The largest absolute Gasteiger partial charge is 0.489 e. The van der Waals surface area contributed by atoms with Gasteiger partial charge in [-0.2, -0.15) is 0 Å². The fourth-order valence-corrected chi connectivity index (χ4v) is 3.47. The Balaban J connectivity index is 1.52. The van der Waals surface area contributed by atoms with Crippen molar-refractivity contribution in [1.82, 2.24) is 10.2 Å². The summed E-state index contributed by atoms with van der Waals surface area (Å²) in [4.78, 5) is 18.7. The average Bonchev–Trinajstić information content (AvgIpc) is 2.77. The molecule has 0 unspecified atom stereocenters. The third-order valence-corrected chi connectivity index (χ3v) is 5.52. The minimum Gasteiger partial charge on any atom is -0.489 e. The van der Waals surface area contributed by atoms with Gasteiger partial charge in [0.1, 0.15) is 12.4 Å². The van der Waals surface area contributed by atoms with Crippen LogP contribution in [0.25, 0.3) is 0 Å². The maximum absolute atomic E-state index is 12.3. The van der Waals surface area contributed by atoms with Gasteiger partial charge in [-0.3, -0.25) is 9.63 Å². The van der Waals surface area contributed by atoms with Crippen LogP contribution < -0.4 is 14.9 Å². The number of para-hydroxylation sites is 1. The predicted octanol–water partition coefficient (Wildman–Crippen LogP) is 3.04. The van der Waals surface area contributed by atoms with Gasteiger partial charge in [0.2, 0.25) is 0 Å². The molecule has 0 aliphatic carbocycles. The standard InChI is InChI=1S/C22H22N2O5S/c1-28-24-30(26,27)21-13-11-19(12-14-21)22(25)23-15-17-7-9-18(10-8-17)16-29-20-5-3-2-4-6-20/h2-14,24H,15-16H2,1H3,(H,23,25). The number of hydrogen-bond acceptors (Lipinski definition) is 5. The van der Waals surface area contributed by atoms with Crippen molar-refractivity contribution in [2.75, 3.05) is 7.11 Å². The summed E-state index contributed by atoms with van der Waals surface area (Å²) in [5.74, 6) is 0.515. The second kappa shape index (κ2) is 10.0. The Labute approximate surface area is 175 Å². The van der Waals surface area contributed by atoms with Gasteiger partial charge >= 0.3 is 0 Å². The van der Waals surface area contributed by atoms with Crippen LogP contribution in [0.2, 0.25) is 0 Å². The zero-order valence-electron chi connectivity index (χ0n) is 16.4. The van der Waals surface area contributed by atoms with E-state index in [2.05, 4.69) is 10.2 Å². The molecular weight excluding hydrogens is 404 g/mol. The predicted molar refractivity (Wildman–Crippen MR) is 112 cm³/mol. The second-order valence-electron chi connectivity index (χ2n) is 6.42. The lowest BCUT2D eigenvalue weighted by atomic mass is 10.1. The van der Waals surface area contributed by atoms with Crippen LogP contribution in [-0.2, 0) is 28.0 Å². The van der Waals surface area contributed by atoms with Crippen molar-refractivity contribution in [2.45, 2.75) is 18.0 Å². The average molecular weight is 426 g/mol. The Morgan fingerprint density at radius 3 is 2.13 bits per heavy atom. The van der Waals surface area contributed by atoms with Crippen molar-refractivity contribution in [3.8, 4) is 5.75 Å². The van der Waals surface area contributed by atoms with Crippen LogP contribution >= 0.6 is 0 Å². The summed E-state index contributed by atoms with van der Waals surface area (Å²) in [6.07, 6.45) is 0. The molecule has 156 valence electrons. The lowest BCUT2D eigenvalue weighted by Crippen LogP contribution is -2.24. The van der Waals surface area contributed by atoms with Crippen LogP contribution in [0.4, 0.5) is 0 Å². The van der Waals surface area contributed by atoms with Crippen molar-refractivity contribution < 1.29 is 22.8 Å². The molecule has 1 amide bonds. The van der Waals surface area contributed by atoms with Gasteiger partial charge in [-0.15, -0.1) is 0 Å². The van der Waals surface area contributed by atoms with Gasteiger partial charge < -0.3 is 10.1 Å². The summed E-state index contributed by atoms with van der Waals surface area (Å²) < 4.78 is 29.4. The van der Waals surface area contributed by atoms with E-state index in [-0.39, 0.29) is 10.8 Å². The monoisotopic (exact) mass is 426 g/mol. The van der Waals surface area contributed by atoms with Crippen LogP contribution in [0, 0.1) is 0 Å². The van der Waals surface area contributed by atoms with Gasteiger partial charge in [0.25, 0.3) is 15.9 Å². The zero-order chi connectivity index (χ0) is 21.4. The second-order valence-corrected chi connectivity index (χ2v) is 8.06. The van der Waals surface area contributed by atoms with Gasteiger partial charge in [-0.25, -0.2) is 8.42 Å². The number of carbonyl (C=O) groups is 1. The SMILES string of the molecule is CONS(=O)(=O)c1ccc(C(=O)NCc2ccc(COc3ccccc3)cc2)cc1. The van der Waals surface area contributed by atoms with E-state index in [0.717, 1.165) is 16.9 Å². The van der Waals surface area contributed by atoms with E-state index in [1.54, 1.807) is 0 Å². The molecule has 3 rings (SSSR count). The summed E-state index contributed by atoms with van der Waals surface area (Å²) in [7, 11) is -2.54. The van der Waals surface area contributed by atoms with Crippen LogP contribution in [0.3, 0.4) is 0 Å². The fourth-order valence-electron chi connectivity index (χ4n) is 2.66.